The molecule has 106 valence electrons. The fraction of sp³-hybridized carbons (Fsp3) is 0.846. The molecule has 18 heavy (non-hydrogen) atoms. The molecule has 1 amide bonds. The third kappa shape index (κ3) is 8.84. The van der Waals surface area contributed by atoms with Crippen LogP contribution in [-0.4, -0.2) is 49.5 Å². The standard InChI is InChI=1S/C13H28N4O/c1-7-8-9-14-12(16-13(2,3)4)15-10-11(18)17(5)6/h7-10H2,1-6H3,(H2,14,15,16). The number of guanidine groups is 1. The molecule has 0 fully saturated rings. The van der Waals surface area contributed by atoms with Crippen molar-refractivity contribution in [2.45, 2.75) is 46.1 Å². The van der Waals surface area contributed by atoms with Gasteiger partial charge in [0.25, 0.3) is 0 Å². The van der Waals surface area contributed by atoms with Crippen LogP contribution in [-0.2, 0) is 4.79 Å². The van der Waals surface area contributed by atoms with Crippen molar-refractivity contribution < 1.29 is 4.79 Å². The van der Waals surface area contributed by atoms with Gasteiger partial charge < -0.3 is 15.5 Å². The van der Waals surface area contributed by atoms with E-state index < -0.39 is 0 Å². The maximum absolute atomic E-state index is 11.5. The number of aliphatic imine (C=N–C) groups is 1. The molecule has 0 saturated carbocycles. The summed E-state index contributed by atoms with van der Waals surface area (Å²) in [7, 11) is 3.47. The minimum Gasteiger partial charge on any atom is -0.356 e. The van der Waals surface area contributed by atoms with Crippen LogP contribution in [0.1, 0.15) is 40.5 Å². The monoisotopic (exact) mass is 256 g/mol. The molecule has 0 aromatic heterocycles. The Hall–Kier alpha value is -1.26. The molecule has 0 aliphatic heterocycles. The van der Waals surface area contributed by atoms with Crippen molar-refractivity contribution in [3.63, 3.8) is 0 Å². The van der Waals surface area contributed by atoms with Crippen LogP contribution in [0.5, 0.6) is 0 Å². The fourth-order valence-electron chi connectivity index (χ4n) is 1.17. The molecule has 0 aliphatic rings. The van der Waals surface area contributed by atoms with Crippen molar-refractivity contribution >= 4 is 11.9 Å². The lowest BCUT2D eigenvalue weighted by Crippen LogP contribution is -2.48. The van der Waals surface area contributed by atoms with E-state index in [-0.39, 0.29) is 18.0 Å². The zero-order chi connectivity index (χ0) is 14.2. The topological polar surface area (TPSA) is 56.7 Å². The van der Waals surface area contributed by atoms with Crippen LogP contribution in [0.15, 0.2) is 4.99 Å². The molecule has 0 atom stereocenters. The Morgan fingerprint density at radius 2 is 1.89 bits per heavy atom. The van der Waals surface area contributed by atoms with Gasteiger partial charge in [0.2, 0.25) is 5.91 Å². The van der Waals surface area contributed by atoms with E-state index in [4.69, 9.17) is 0 Å². The van der Waals surface area contributed by atoms with Gasteiger partial charge in [-0.25, -0.2) is 4.99 Å². The lowest BCUT2D eigenvalue weighted by molar-refractivity contribution is -0.127. The first kappa shape index (κ1) is 16.7. The van der Waals surface area contributed by atoms with E-state index in [2.05, 4.69) is 43.3 Å². The zero-order valence-electron chi connectivity index (χ0n) is 12.6. The Morgan fingerprint density at radius 1 is 1.28 bits per heavy atom. The van der Waals surface area contributed by atoms with Crippen molar-refractivity contribution in [1.29, 1.82) is 0 Å². The highest BCUT2D eigenvalue weighted by Crippen LogP contribution is 1.98. The van der Waals surface area contributed by atoms with Crippen molar-refractivity contribution in [3.05, 3.63) is 0 Å². The van der Waals surface area contributed by atoms with Gasteiger partial charge in [-0.1, -0.05) is 13.3 Å². The number of hydrogen-bond acceptors (Lipinski definition) is 2. The van der Waals surface area contributed by atoms with Gasteiger partial charge in [-0.05, 0) is 27.2 Å². The highest BCUT2D eigenvalue weighted by molar-refractivity contribution is 5.85. The number of carbonyl (C=O) groups is 1. The van der Waals surface area contributed by atoms with E-state index in [1.807, 2.05) is 0 Å². The molecule has 0 unspecified atom stereocenters. The van der Waals surface area contributed by atoms with Crippen molar-refractivity contribution in [1.82, 2.24) is 15.5 Å². The molecule has 0 saturated heterocycles. The summed E-state index contributed by atoms with van der Waals surface area (Å²) in [5, 5.41) is 6.52. The third-order valence-corrected chi connectivity index (χ3v) is 2.19. The van der Waals surface area contributed by atoms with E-state index in [0.717, 1.165) is 19.4 Å². The number of hydrogen-bond donors (Lipinski definition) is 2. The van der Waals surface area contributed by atoms with Gasteiger partial charge in [0, 0.05) is 26.2 Å². The van der Waals surface area contributed by atoms with Crippen LogP contribution >= 0.6 is 0 Å². The van der Waals surface area contributed by atoms with Crippen molar-refractivity contribution in [2.75, 3.05) is 27.2 Å². The number of amides is 1. The zero-order valence-corrected chi connectivity index (χ0v) is 12.6. The Morgan fingerprint density at radius 3 is 2.33 bits per heavy atom. The second kappa shape index (κ2) is 7.95. The van der Waals surface area contributed by atoms with Crippen molar-refractivity contribution in [2.24, 2.45) is 4.99 Å². The average Bonchev–Trinajstić information content (AvgIpc) is 2.23. The van der Waals surface area contributed by atoms with Gasteiger partial charge in [0.1, 0.15) is 6.54 Å². The summed E-state index contributed by atoms with van der Waals surface area (Å²) in [6, 6.07) is 0. The molecule has 0 aromatic carbocycles. The molecule has 0 heterocycles. The summed E-state index contributed by atoms with van der Waals surface area (Å²) in [5.41, 5.74) is -0.0702. The largest absolute Gasteiger partial charge is 0.356 e. The van der Waals surface area contributed by atoms with Gasteiger partial charge in [0.05, 0.1) is 0 Å². The molecule has 0 rings (SSSR count). The van der Waals surface area contributed by atoms with Crippen LogP contribution in [0, 0.1) is 0 Å². The van der Waals surface area contributed by atoms with Crippen molar-refractivity contribution in [3.8, 4) is 0 Å². The summed E-state index contributed by atoms with van der Waals surface area (Å²) >= 11 is 0. The lowest BCUT2D eigenvalue weighted by atomic mass is 10.1. The Labute approximate surface area is 111 Å². The van der Waals surface area contributed by atoms with Gasteiger partial charge in [-0.15, -0.1) is 0 Å². The summed E-state index contributed by atoms with van der Waals surface area (Å²) in [6.45, 7) is 9.39. The summed E-state index contributed by atoms with van der Waals surface area (Å²) in [5.74, 6) is 0.701. The normalized spacial score (nSPS) is 12.2. The highest BCUT2D eigenvalue weighted by Gasteiger charge is 2.12. The first-order chi connectivity index (χ1) is 8.26. The number of rotatable bonds is 5. The van der Waals surface area contributed by atoms with Crippen LogP contribution in [0.4, 0.5) is 0 Å². The molecule has 5 heteroatoms. The first-order valence-corrected chi connectivity index (χ1v) is 6.53. The number of nitrogens with one attached hydrogen (secondary N) is 2. The first-order valence-electron chi connectivity index (χ1n) is 6.53. The second-order valence-electron chi connectivity index (χ2n) is 5.61. The number of nitrogens with zero attached hydrogens (tertiary/aromatic N) is 2. The van der Waals surface area contributed by atoms with Gasteiger partial charge in [-0.2, -0.15) is 0 Å². The Kier molecular flexibility index (Phi) is 7.39. The minimum atomic E-state index is -0.0702. The molecule has 0 aromatic rings. The third-order valence-electron chi connectivity index (χ3n) is 2.19. The highest BCUT2D eigenvalue weighted by atomic mass is 16.2. The summed E-state index contributed by atoms with van der Waals surface area (Å²) < 4.78 is 0. The quantitative estimate of drug-likeness (QED) is 0.441. The van der Waals surface area contributed by atoms with E-state index in [0.29, 0.717) is 5.96 Å². The molecular formula is C13H28N4O. The maximum atomic E-state index is 11.5. The summed E-state index contributed by atoms with van der Waals surface area (Å²) in [4.78, 5) is 17.4. The summed E-state index contributed by atoms with van der Waals surface area (Å²) in [6.07, 6.45) is 2.22. The van der Waals surface area contributed by atoms with Gasteiger partial charge in [-0.3, -0.25) is 4.79 Å². The molecule has 5 nitrogen and oxygen atoms in total. The molecule has 0 aliphatic carbocycles. The van der Waals surface area contributed by atoms with Crippen LogP contribution < -0.4 is 10.6 Å². The van der Waals surface area contributed by atoms with Crippen LogP contribution in [0.2, 0.25) is 0 Å². The van der Waals surface area contributed by atoms with Gasteiger partial charge in [0.15, 0.2) is 5.96 Å². The lowest BCUT2D eigenvalue weighted by Gasteiger charge is -2.24. The fourth-order valence-corrected chi connectivity index (χ4v) is 1.17. The molecule has 0 bridgehead atoms. The number of unbranched alkanes of at least 4 members (excludes halogenated alkanes) is 1. The Balaban J connectivity index is 4.44. The van der Waals surface area contributed by atoms with Gasteiger partial charge >= 0.3 is 0 Å². The SMILES string of the molecule is CCCCNC(=NCC(=O)N(C)C)NC(C)(C)C. The molecule has 0 spiro atoms. The van der Waals surface area contributed by atoms with Crippen LogP contribution in [0.25, 0.3) is 0 Å². The number of likely N-dealkylation sites (N-methyl/N-ethyl adjacent to an activating group) is 1. The van der Waals surface area contributed by atoms with E-state index in [9.17, 15) is 4.79 Å². The van der Waals surface area contributed by atoms with Crippen LogP contribution in [0.3, 0.4) is 0 Å². The van der Waals surface area contributed by atoms with E-state index in [1.54, 1.807) is 19.0 Å². The smallest absolute Gasteiger partial charge is 0.243 e. The molecule has 2 N–H and O–H groups in total. The molecular weight excluding hydrogens is 228 g/mol. The maximum Gasteiger partial charge on any atom is 0.243 e. The Bertz CT molecular complexity index is 279. The van der Waals surface area contributed by atoms with E-state index in [1.165, 1.54) is 0 Å². The second-order valence-corrected chi connectivity index (χ2v) is 5.61. The minimum absolute atomic E-state index is 0.000464. The predicted molar refractivity (Wildman–Crippen MR) is 76.8 cm³/mol. The molecule has 0 radical (unpaired) electrons. The number of carbonyl (C=O) groups excluding carboxylic acids is 1. The predicted octanol–water partition coefficient (Wildman–Crippen LogP) is 1.21. The van der Waals surface area contributed by atoms with E-state index >= 15 is 0 Å². The average molecular weight is 256 g/mol.